The fourth-order valence-corrected chi connectivity index (χ4v) is 1.69. The van der Waals surface area contributed by atoms with Crippen LogP contribution in [-0.2, 0) is 16.1 Å². The molecule has 23 heavy (non-hydrogen) atoms. The zero-order chi connectivity index (χ0) is 17.2. The molecule has 0 radical (unpaired) electrons. The van der Waals surface area contributed by atoms with Crippen LogP contribution in [0.4, 0.5) is 0 Å². The molecule has 1 aromatic carbocycles. The Hall–Kier alpha value is -2.81. The zero-order valence-electron chi connectivity index (χ0n) is 13.6. The number of nitrogens with zero attached hydrogens (tertiary/aromatic N) is 1. The normalized spacial score (nSPS) is 10.8. The highest BCUT2D eigenvalue weighted by Crippen LogP contribution is 2.05. The lowest BCUT2D eigenvalue weighted by atomic mass is 10.1. The van der Waals surface area contributed by atoms with Gasteiger partial charge in [-0.1, -0.05) is 26.0 Å². The van der Waals surface area contributed by atoms with Crippen LogP contribution in [0.2, 0.25) is 0 Å². The number of nitrogens with one attached hydrogen (secondary N) is 2. The molecule has 2 N–H and O–H groups in total. The first-order chi connectivity index (χ1) is 11.0. The average Bonchev–Trinajstić information content (AvgIpc) is 2.56. The minimum absolute atomic E-state index is 0.0248. The largest absolute Gasteiger partial charge is 0.465 e. The van der Waals surface area contributed by atoms with Crippen molar-refractivity contribution in [3.8, 4) is 6.07 Å². The van der Waals surface area contributed by atoms with E-state index in [1.54, 1.807) is 24.3 Å². The van der Waals surface area contributed by atoms with Gasteiger partial charge >= 0.3 is 5.97 Å². The number of hydrogen-bond acceptors (Lipinski definition) is 5. The van der Waals surface area contributed by atoms with Crippen LogP contribution in [0.5, 0.6) is 0 Å². The van der Waals surface area contributed by atoms with Crippen LogP contribution in [-0.4, -0.2) is 25.5 Å². The van der Waals surface area contributed by atoms with Crippen molar-refractivity contribution in [2.24, 2.45) is 5.92 Å². The standard InChI is InChI=1S/C17H21N3O3/c1-12(2)9-20-16(21)15(8-18)11-19-10-13-4-6-14(7-5-13)17(22)23-3/h4-7,11-12,19H,9-10H2,1-3H3,(H,20,21)/b15-11-. The third kappa shape index (κ3) is 6.22. The molecular formula is C17H21N3O3. The number of carbonyl (C=O) groups excluding carboxylic acids is 2. The molecule has 1 aromatic rings. The molecule has 0 spiro atoms. The maximum absolute atomic E-state index is 11.8. The average molecular weight is 315 g/mol. The highest BCUT2D eigenvalue weighted by Gasteiger charge is 2.08. The summed E-state index contributed by atoms with van der Waals surface area (Å²) in [4.78, 5) is 23.1. The fourth-order valence-electron chi connectivity index (χ4n) is 1.69. The molecule has 1 rings (SSSR count). The Kier molecular flexibility index (Phi) is 7.34. The van der Waals surface area contributed by atoms with Crippen LogP contribution in [0.25, 0.3) is 0 Å². The van der Waals surface area contributed by atoms with Crippen molar-refractivity contribution in [1.29, 1.82) is 5.26 Å². The number of benzene rings is 1. The summed E-state index contributed by atoms with van der Waals surface area (Å²) in [6.07, 6.45) is 1.39. The third-order valence-electron chi connectivity index (χ3n) is 2.96. The number of carbonyl (C=O) groups is 2. The van der Waals surface area contributed by atoms with E-state index >= 15 is 0 Å². The van der Waals surface area contributed by atoms with Crippen LogP contribution >= 0.6 is 0 Å². The van der Waals surface area contributed by atoms with Gasteiger partial charge in [-0.2, -0.15) is 5.26 Å². The van der Waals surface area contributed by atoms with Gasteiger partial charge < -0.3 is 15.4 Å². The smallest absolute Gasteiger partial charge is 0.337 e. The Balaban J connectivity index is 2.57. The minimum atomic E-state index is -0.394. The molecular weight excluding hydrogens is 294 g/mol. The summed E-state index contributed by atoms with van der Waals surface area (Å²) in [6, 6.07) is 8.74. The number of amides is 1. The van der Waals surface area contributed by atoms with Gasteiger partial charge in [-0.05, 0) is 23.6 Å². The van der Waals surface area contributed by atoms with E-state index in [1.807, 2.05) is 19.9 Å². The highest BCUT2D eigenvalue weighted by atomic mass is 16.5. The number of esters is 1. The van der Waals surface area contributed by atoms with Crippen molar-refractivity contribution in [2.45, 2.75) is 20.4 Å². The second kappa shape index (κ2) is 9.26. The van der Waals surface area contributed by atoms with Crippen molar-refractivity contribution in [1.82, 2.24) is 10.6 Å². The zero-order valence-corrected chi connectivity index (χ0v) is 13.6. The van der Waals surface area contributed by atoms with Crippen molar-refractivity contribution >= 4 is 11.9 Å². The minimum Gasteiger partial charge on any atom is -0.465 e. The Morgan fingerprint density at radius 3 is 2.48 bits per heavy atom. The summed E-state index contributed by atoms with van der Waals surface area (Å²) in [5.41, 5.74) is 1.41. The van der Waals surface area contributed by atoms with E-state index in [4.69, 9.17) is 5.26 Å². The maximum atomic E-state index is 11.8. The SMILES string of the molecule is COC(=O)c1ccc(CN/C=C(/C#N)C(=O)NCC(C)C)cc1. The van der Waals surface area contributed by atoms with Gasteiger partial charge in [0, 0.05) is 19.3 Å². The molecule has 0 unspecified atom stereocenters. The van der Waals surface area contributed by atoms with Crippen LogP contribution < -0.4 is 10.6 Å². The molecule has 0 fully saturated rings. The number of rotatable bonds is 7. The van der Waals surface area contributed by atoms with Gasteiger partial charge in [0.05, 0.1) is 12.7 Å². The molecule has 0 aliphatic carbocycles. The molecule has 0 bridgehead atoms. The lowest BCUT2D eigenvalue weighted by molar-refractivity contribution is -0.117. The van der Waals surface area contributed by atoms with E-state index in [-0.39, 0.29) is 5.57 Å². The van der Waals surface area contributed by atoms with Crippen LogP contribution in [0.3, 0.4) is 0 Å². The third-order valence-corrected chi connectivity index (χ3v) is 2.96. The Morgan fingerprint density at radius 2 is 1.96 bits per heavy atom. The molecule has 0 saturated carbocycles. The molecule has 0 atom stereocenters. The lowest BCUT2D eigenvalue weighted by Crippen LogP contribution is -2.29. The fraction of sp³-hybridized carbons (Fsp3) is 0.353. The van der Waals surface area contributed by atoms with E-state index in [0.717, 1.165) is 5.56 Å². The second-order valence-electron chi connectivity index (χ2n) is 5.34. The first-order valence-corrected chi connectivity index (χ1v) is 7.27. The first-order valence-electron chi connectivity index (χ1n) is 7.27. The summed E-state index contributed by atoms with van der Waals surface area (Å²) < 4.78 is 4.62. The molecule has 0 aromatic heterocycles. The van der Waals surface area contributed by atoms with Crippen molar-refractivity contribution in [3.63, 3.8) is 0 Å². The quantitative estimate of drug-likeness (QED) is 0.454. The Morgan fingerprint density at radius 1 is 1.30 bits per heavy atom. The van der Waals surface area contributed by atoms with Gasteiger partial charge in [0.25, 0.3) is 5.91 Å². The van der Waals surface area contributed by atoms with Gasteiger partial charge in [0.2, 0.25) is 0 Å². The van der Waals surface area contributed by atoms with Gasteiger partial charge in [0.1, 0.15) is 11.6 Å². The van der Waals surface area contributed by atoms with E-state index in [0.29, 0.717) is 24.6 Å². The number of nitriles is 1. The summed E-state index contributed by atoms with van der Waals surface area (Å²) in [7, 11) is 1.33. The van der Waals surface area contributed by atoms with Crippen LogP contribution in [0.1, 0.15) is 29.8 Å². The van der Waals surface area contributed by atoms with Crippen molar-refractivity contribution in [2.75, 3.05) is 13.7 Å². The molecule has 0 saturated heterocycles. The molecule has 0 heterocycles. The Labute approximate surface area is 136 Å². The summed E-state index contributed by atoms with van der Waals surface area (Å²) in [5.74, 6) is -0.465. The number of hydrogen-bond donors (Lipinski definition) is 2. The molecule has 122 valence electrons. The summed E-state index contributed by atoms with van der Waals surface area (Å²) in [6.45, 7) is 4.91. The molecule has 1 amide bonds. The van der Waals surface area contributed by atoms with Gasteiger partial charge in [-0.3, -0.25) is 4.79 Å². The Bertz CT molecular complexity index is 613. The monoisotopic (exact) mass is 315 g/mol. The molecule has 6 nitrogen and oxygen atoms in total. The van der Waals surface area contributed by atoms with E-state index in [2.05, 4.69) is 15.4 Å². The predicted octanol–water partition coefficient (Wildman–Crippen LogP) is 1.74. The number of ether oxygens (including phenoxy) is 1. The van der Waals surface area contributed by atoms with E-state index < -0.39 is 11.9 Å². The molecule has 0 aliphatic heterocycles. The summed E-state index contributed by atoms with van der Waals surface area (Å²) in [5, 5.41) is 14.6. The van der Waals surface area contributed by atoms with E-state index in [1.165, 1.54) is 13.3 Å². The number of methoxy groups -OCH3 is 1. The first kappa shape index (κ1) is 18.2. The maximum Gasteiger partial charge on any atom is 0.337 e. The van der Waals surface area contributed by atoms with Crippen LogP contribution in [0, 0.1) is 17.2 Å². The highest BCUT2D eigenvalue weighted by molar-refractivity contribution is 5.97. The lowest BCUT2D eigenvalue weighted by Gasteiger charge is -2.07. The van der Waals surface area contributed by atoms with Gasteiger partial charge in [-0.15, -0.1) is 0 Å². The topological polar surface area (TPSA) is 91.2 Å². The van der Waals surface area contributed by atoms with Gasteiger partial charge in [-0.25, -0.2) is 4.79 Å². The van der Waals surface area contributed by atoms with Crippen LogP contribution in [0.15, 0.2) is 36.0 Å². The van der Waals surface area contributed by atoms with E-state index in [9.17, 15) is 9.59 Å². The van der Waals surface area contributed by atoms with Gasteiger partial charge in [0.15, 0.2) is 0 Å². The predicted molar refractivity (Wildman–Crippen MR) is 86.2 cm³/mol. The summed E-state index contributed by atoms with van der Waals surface area (Å²) >= 11 is 0. The molecule has 6 heteroatoms. The second-order valence-corrected chi connectivity index (χ2v) is 5.34. The van der Waals surface area contributed by atoms with Crippen molar-refractivity contribution < 1.29 is 14.3 Å². The van der Waals surface area contributed by atoms with Crippen molar-refractivity contribution in [3.05, 3.63) is 47.2 Å². The molecule has 0 aliphatic rings.